The van der Waals surface area contributed by atoms with Crippen molar-refractivity contribution in [3.8, 4) is 0 Å². The summed E-state index contributed by atoms with van der Waals surface area (Å²) in [4.78, 5) is 9.95. The van der Waals surface area contributed by atoms with Gasteiger partial charge < -0.3 is 10.2 Å². The Morgan fingerprint density at radius 3 is 2.86 bits per heavy atom. The average molecular weight is 196 g/mol. The van der Waals surface area contributed by atoms with Crippen LogP contribution in [0.5, 0.6) is 0 Å². The number of anilines is 1. The molecule has 2 heterocycles. The highest BCUT2D eigenvalue weighted by atomic mass is 19.1. The van der Waals surface area contributed by atoms with Crippen LogP contribution in [0.4, 0.5) is 10.3 Å². The van der Waals surface area contributed by atoms with Crippen LogP contribution in [-0.4, -0.2) is 35.6 Å². The first-order valence-corrected chi connectivity index (χ1v) is 4.71. The summed E-state index contributed by atoms with van der Waals surface area (Å²) in [7, 11) is 0. The minimum atomic E-state index is -0.392. The van der Waals surface area contributed by atoms with E-state index >= 15 is 0 Å². The lowest BCUT2D eigenvalue weighted by Crippen LogP contribution is -2.49. The minimum Gasteiger partial charge on any atom is -0.338 e. The molecule has 0 bridgehead atoms. The number of piperazine rings is 1. The first kappa shape index (κ1) is 9.33. The van der Waals surface area contributed by atoms with Gasteiger partial charge in [-0.15, -0.1) is 0 Å². The molecule has 0 aliphatic carbocycles. The molecule has 1 aromatic rings. The van der Waals surface area contributed by atoms with Gasteiger partial charge in [-0.1, -0.05) is 0 Å². The smallest absolute Gasteiger partial charge is 0.225 e. The number of hydrogen-bond donors (Lipinski definition) is 1. The molecule has 1 saturated heterocycles. The third kappa shape index (κ3) is 1.98. The van der Waals surface area contributed by atoms with Gasteiger partial charge in [0.25, 0.3) is 0 Å². The maximum absolute atomic E-state index is 12.6. The number of rotatable bonds is 1. The monoisotopic (exact) mass is 196 g/mol. The molecule has 1 atom stereocenters. The Hall–Kier alpha value is -1.23. The summed E-state index contributed by atoms with van der Waals surface area (Å²) in [5.74, 6) is 0.219. The molecule has 5 heteroatoms. The van der Waals surface area contributed by atoms with E-state index in [1.165, 1.54) is 12.4 Å². The first-order valence-electron chi connectivity index (χ1n) is 4.71. The highest BCUT2D eigenvalue weighted by molar-refractivity contribution is 5.29. The quantitative estimate of drug-likeness (QED) is 0.706. The molecule has 0 aromatic carbocycles. The molecule has 4 nitrogen and oxygen atoms in total. The zero-order valence-corrected chi connectivity index (χ0v) is 8.07. The van der Waals surface area contributed by atoms with Crippen LogP contribution < -0.4 is 10.2 Å². The molecule has 0 amide bonds. The second-order valence-electron chi connectivity index (χ2n) is 3.50. The van der Waals surface area contributed by atoms with Crippen LogP contribution in [0.25, 0.3) is 0 Å². The van der Waals surface area contributed by atoms with Gasteiger partial charge in [0.1, 0.15) is 0 Å². The Morgan fingerprint density at radius 1 is 1.50 bits per heavy atom. The van der Waals surface area contributed by atoms with Gasteiger partial charge in [0.2, 0.25) is 5.95 Å². The van der Waals surface area contributed by atoms with E-state index in [0.717, 1.165) is 19.6 Å². The van der Waals surface area contributed by atoms with Crippen LogP contribution >= 0.6 is 0 Å². The number of nitrogens with zero attached hydrogens (tertiary/aromatic N) is 3. The Bertz CT molecular complexity index is 300. The number of aromatic nitrogens is 2. The van der Waals surface area contributed by atoms with E-state index in [-0.39, 0.29) is 0 Å². The van der Waals surface area contributed by atoms with E-state index in [1.54, 1.807) is 0 Å². The topological polar surface area (TPSA) is 41.1 Å². The van der Waals surface area contributed by atoms with Gasteiger partial charge in [-0.05, 0) is 6.92 Å². The molecule has 0 radical (unpaired) electrons. The Balaban J connectivity index is 2.10. The van der Waals surface area contributed by atoms with Crippen LogP contribution in [0.15, 0.2) is 12.4 Å². The molecular weight excluding hydrogens is 183 g/mol. The van der Waals surface area contributed by atoms with Crippen molar-refractivity contribution in [2.24, 2.45) is 0 Å². The predicted molar refractivity (Wildman–Crippen MR) is 51.7 cm³/mol. The average Bonchev–Trinajstić information content (AvgIpc) is 2.19. The summed E-state index contributed by atoms with van der Waals surface area (Å²) >= 11 is 0. The van der Waals surface area contributed by atoms with Gasteiger partial charge >= 0.3 is 0 Å². The van der Waals surface area contributed by atoms with Crippen LogP contribution in [0.3, 0.4) is 0 Å². The van der Waals surface area contributed by atoms with E-state index < -0.39 is 5.82 Å². The lowest BCUT2D eigenvalue weighted by molar-refractivity contribution is 0.478. The standard InChI is InChI=1S/C9H13FN4/c1-7-6-14(3-2-11-7)9-12-4-8(10)5-13-9/h4-5,7,11H,2-3,6H2,1H3/t7-/m0/s1. The van der Waals surface area contributed by atoms with Crippen molar-refractivity contribution >= 4 is 5.95 Å². The maximum atomic E-state index is 12.6. The van der Waals surface area contributed by atoms with Crippen LogP contribution in [0.2, 0.25) is 0 Å². The molecule has 1 N–H and O–H groups in total. The van der Waals surface area contributed by atoms with E-state index in [4.69, 9.17) is 0 Å². The molecule has 1 aliphatic rings. The molecule has 0 saturated carbocycles. The van der Waals surface area contributed by atoms with Gasteiger partial charge in [0.05, 0.1) is 12.4 Å². The zero-order chi connectivity index (χ0) is 9.97. The van der Waals surface area contributed by atoms with Crippen molar-refractivity contribution in [2.45, 2.75) is 13.0 Å². The molecule has 1 fully saturated rings. The molecule has 0 unspecified atom stereocenters. The largest absolute Gasteiger partial charge is 0.338 e. The zero-order valence-electron chi connectivity index (χ0n) is 8.07. The van der Waals surface area contributed by atoms with Crippen molar-refractivity contribution in [1.29, 1.82) is 0 Å². The van der Waals surface area contributed by atoms with Gasteiger partial charge in [-0.25, -0.2) is 14.4 Å². The van der Waals surface area contributed by atoms with E-state index in [9.17, 15) is 4.39 Å². The van der Waals surface area contributed by atoms with E-state index in [0.29, 0.717) is 12.0 Å². The highest BCUT2D eigenvalue weighted by Gasteiger charge is 2.17. The van der Waals surface area contributed by atoms with Gasteiger partial charge in [-0.3, -0.25) is 0 Å². The molecule has 0 spiro atoms. The fourth-order valence-corrected chi connectivity index (χ4v) is 1.58. The fraction of sp³-hybridized carbons (Fsp3) is 0.556. The fourth-order valence-electron chi connectivity index (χ4n) is 1.58. The number of nitrogens with one attached hydrogen (secondary N) is 1. The number of halogens is 1. The molecule has 1 aliphatic heterocycles. The first-order chi connectivity index (χ1) is 6.75. The third-order valence-corrected chi connectivity index (χ3v) is 2.26. The van der Waals surface area contributed by atoms with Crippen LogP contribution in [-0.2, 0) is 0 Å². The summed E-state index contributed by atoms with van der Waals surface area (Å²) in [5, 5.41) is 3.32. The van der Waals surface area contributed by atoms with Gasteiger partial charge in [0.15, 0.2) is 5.82 Å². The summed E-state index contributed by atoms with van der Waals surface area (Å²) < 4.78 is 12.6. The lowest BCUT2D eigenvalue weighted by Gasteiger charge is -2.31. The minimum absolute atomic E-state index is 0.392. The van der Waals surface area contributed by atoms with Crippen LogP contribution in [0, 0.1) is 5.82 Å². The van der Waals surface area contributed by atoms with E-state index in [2.05, 4.69) is 27.1 Å². The summed E-state index contributed by atoms with van der Waals surface area (Å²) in [5.41, 5.74) is 0. The van der Waals surface area contributed by atoms with Crippen molar-refractivity contribution in [2.75, 3.05) is 24.5 Å². The third-order valence-electron chi connectivity index (χ3n) is 2.26. The second-order valence-corrected chi connectivity index (χ2v) is 3.50. The normalized spacial score (nSPS) is 22.4. The molecule has 76 valence electrons. The maximum Gasteiger partial charge on any atom is 0.225 e. The number of hydrogen-bond acceptors (Lipinski definition) is 4. The SMILES string of the molecule is C[C@H]1CN(c2ncc(F)cn2)CCN1. The molecular formula is C9H13FN4. The van der Waals surface area contributed by atoms with Gasteiger partial charge in [0, 0.05) is 25.7 Å². The summed E-state index contributed by atoms with van der Waals surface area (Å²) in [6.07, 6.45) is 2.41. The van der Waals surface area contributed by atoms with Crippen molar-refractivity contribution in [3.63, 3.8) is 0 Å². The van der Waals surface area contributed by atoms with E-state index in [1.807, 2.05) is 0 Å². The molecule has 14 heavy (non-hydrogen) atoms. The predicted octanol–water partition coefficient (Wildman–Crippen LogP) is 0.414. The van der Waals surface area contributed by atoms with Crippen molar-refractivity contribution in [3.05, 3.63) is 18.2 Å². The summed E-state index contributed by atoms with van der Waals surface area (Å²) in [6, 6.07) is 0.428. The van der Waals surface area contributed by atoms with Gasteiger partial charge in [-0.2, -0.15) is 0 Å². The Kier molecular flexibility index (Phi) is 2.58. The molecule has 2 rings (SSSR count). The van der Waals surface area contributed by atoms with Crippen LogP contribution in [0.1, 0.15) is 6.92 Å². The Labute approximate surface area is 82.2 Å². The summed E-state index contributed by atoms with van der Waals surface area (Å²) in [6.45, 7) is 4.76. The molecule has 1 aromatic heterocycles. The second kappa shape index (κ2) is 3.88. The lowest BCUT2D eigenvalue weighted by atomic mass is 10.2. The van der Waals surface area contributed by atoms with Crippen molar-refractivity contribution in [1.82, 2.24) is 15.3 Å². The highest BCUT2D eigenvalue weighted by Crippen LogP contribution is 2.09. The van der Waals surface area contributed by atoms with Crippen molar-refractivity contribution < 1.29 is 4.39 Å². The Morgan fingerprint density at radius 2 is 2.21 bits per heavy atom.